The highest BCUT2D eigenvalue weighted by Gasteiger charge is 2.09. The molecular weight excluding hydrogens is 456 g/mol. The Morgan fingerprint density at radius 1 is 1.03 bits per heavy atom. The number of carbonyl (C=O) groups is 3. The standard InChI is InChI=1S/C21H21BrN2O6/c1-28-15-9-7-14(18(11-15)29-2)8-10-21(27)30-13-20(26)23-12-19(25)24-17-6-4-3-5-16(17)22/h3-11H,12-13H2,1-2H3,(H,23,26)(H,24,25)/b10-8+. The molecule has 2 amide bonds. The van der Waals surface area contributed by atoms with Crippen molar-refractivity contribution in [2.45, 2.75) is 0 Å². The van der Waals surface area contributed by atoms with Gasteiger partial charge in [0.1, 0.15) is 11.5 Å². The minimum absolute atomic E-state index is 0.253. The summed E-state index contributed by atoms with van der Waals surface area (Å²) in [6.45, 7) is -0.762. The topological polar surface area (TPSA) is 103 Å². The van der Waals surface area contributed by atoms with Crippen LogP contribution >= 0.6 is 15.9 Å². The molecule has 0 unspecified atom stereocenters. The summed E-state index contributed by atoms with van der Waals surface area (Å²) in [5.74, 6) is -0.575. The van der Waals surface area contributed by atoms with Gasteiger partial charge in [0.25, 0.3) is 5.91 Å². The molecular formula is C21H21BrN2O6. The number of anilines is 1. The van der Waals surface area contributed by atoms with Crippen LogP contribution in [0.3, 0.4) is 0 Å². The molecule has 0 fully saturated rings. The molecule has 0 bridgehead atoms. The van der Waals surface area contributed by atoms with Gasteiger partial charge in [-0.05, 0) is 46.3 Å². The Balaban J connectivity index is 1.76. The van der Waals surface area contributed by atoms with E-state index in [9.17, 15) is 14.4 Å². The fraction of sp³-hybridized carbons (Fsp3) is 0.190. The van der Waals surface area contributed by atoms with Gasteiger partial charge in [-0.3, -0.25) is 9.59 Å². The molecule has 2 rings (SSSR count). The van der Waals surface area contributed by atoms with Crippen molar-refractivity contribution >= 4 is 45.5 Å². The highest BCUT2D eigenvalue weighted by atomic mass is 79.9. The number of rotatable bonds is 9. The summed E-state index contributed by atoms with van der Waals surface area (Å²) in [6, 6.07) is 12.2. The number of hydrogen-bond acceptors (Lipinski definition) is 6. The first kappa shape index (κ1) is 23.0. The largest absolute Gasteiger partial charge is 0.497 e. The summed E-state index contributed by atoms with van der Waals surface area (Å²) < 4.78 is 15.9. The number of carbonyl (C=O) groups excluding carboxylic acids is 3. The van der Waals surface area contributed by atoms with Gasteiger partial charge in [-0.2, -0.15) is 0 Å². The quantitative estimate of drug-likeness (QED) is 0.426. The van der Waals surface area contributed by atoms with Gasteiger partial charge in [0.2, 0.25) is 5.91 Å². The van der Waals surface area contributed by atoms with Crippen LogP contribution in [-0.4, -0.2) is 45.2 Å². The Bertz CT molecular complexity index is 945. The first-order chi connectivity index (χ1) is 14.4. The third-order valence-electron chi connectivity index (χ3n) is 3.78. The lowest BCUT2D eigenvalue weighted by Gasteiger charge is -2.08. The van der Waals surface area contributed by atoms with Crippen LogP contribution in [0, 0.1) is 0 Å². The lowest BCUT2D eigenvalue weighted by Crippen LogP contribution is -2.35. The molecule has 0 spiro atoms. The number of para-hydroxylation sites is 1. The minimum atomic E-state index is -0.708. The van der Waals surface area contributed by atoms with Crippen molar-refractivity contribution in [3.63, 3.8) is 0 Å². The van der Waals surface area contributed by atoms with Gasteiger partial charge < -0.3 is 24.8 Å². The summed E-state index contributed by atoms with van der Waals surface area (Å²) in [7, 11) is 3.04. The Morgan fingerprint density at radius 3 is 2.50 bits per heavy atom. The van der Waals surface area contributed by atoms with E-state index in [1.54, 1.807) is 36.4 Å². The maximum absolute atomic E-state index is 11.9. The van der Waals surface area contributed by atoms with Gasteiger partial charge in [-0.25, -0.2) is 4.79 Å². The Labute approximate surface area is 182 Å². The number of esters is 1. The van der Waals surface area contributed by atoms with Crippen LogP contribution in [0.4, 0.5) is 5.69 Å². The number of halogens is 1. The van der Waals surface area contributed by atoms with E-state index in [1.165, 1.54) is 26.4 Å². The van der Waals surface area contributed by atoms with E-state index in [-0.39, 0.29) is 6.54 Å². The van der Waals surface area contributed by atoms with E-state index >= 15 is 0 Å². The number of nitrogens with one attached hydrogen (secondary N) is 2. The highest BCUT2D eigenvalue weighted by molar-refractivity contribution is 9.10. The zero-order chi connectivity index (χ0) is 21.9. The SMILES string of the molecule is COc1ccc(/C=C/C(=O)OCC(=O)NCC(=O)Nc2ccccc2Br)c(OC)c1. The van der Waals surface area contributed by atoms with Crippen LogP contribution in [0.15, 0.2) is 53.0 Å². The van der Waals surface area contributed by atoms with E-state index in [4.69, 9.17) is 14.2 Å². The molecule has 9 heteroatoms. The van der Waals surface area contributed by atoms with Gasteiger partial charge in [0.15, 0.2) is 6.61 Å². The van der Waals surface area contributed by atoms with Crippen molar-refractivity contribution in [1.29, 1.82) is 0 Å². The average molecular weight is 477 g/mol. The monoisotopic (exact) mass is 476 g/mol. The summed E-state index contributed by atoms with van der Waals surface area (Å²) in [6.07, 6.45) is 2.68. The van der Waals surface area contributed by atoms with Crippen LogP contribution in [-0.2, 0) is 19.1 Å². The lowest BCUT2D eigenvalue weighted by molar-refractivity contribution is -0.143. The molecule has 0 aliphatic rings. The molecule has 0 heterocycles. The smallest absolute Gasteiger partial charge is 0.331 e. The summed E-state index contributed by atoms with van der Waals surface area (Å²) in [4.78, 5) is 35.5. The van der Waals surface area contributed by atoms with E-state index in [2.05, 4.69) is 26.6 Å². The molecule has 8 nitrogen and oxygen atoms in total. The maximum Gasteiger partial charge on any atom is 0.331 e. The van der Waals surface area contributed by atoms with Crippen LogP contribution in [0.1, 0.15) is 5.56 Å². The summed E-state index contributed by atoms with van der Waals surface area (Å²) >= 11 is 3.31. The molecule has 0 radical (unpaired) electrons. The van der Waals surface area contributed by atoms with E-state index in [0.29, 0.717) is 22.7 Å². The number of benzene rings is 2. The fourth-order valence-electron chi connectivity index (χ4n) is 2.29. The van der Waals surface area contributed by atoms with Gasteiger partial charge in [0, 0.05) is 22.2 Å². The first-order valence-electron chi connectivity index (χ1n) is 8.81. The van der Waals surface area contributed by atoms with Crippen LogP contribution in [0.25, 0.3) is 6.08 Å². The van der Waals surface area contributed by atoms with E-state index < -0.39 is 24.4 Å². The second-order valence-electron chi connectivity index (χ2n) is 5.85. The zero-order valence-corrected chi connectivity index (χ0v) is 18.0. The van der Waals surface area contributed by atoms with Gasteiger partial charge in [-0.15, -0.1) is 0 Å². The van der Waals surface area contributed by atoms with Gasteiger partial charge in [-0.1, -0.05) is 12.1 Å². The fourth-order valence-corrected chi connectivity index (χ4v) is 2.67. The number of methoxy groups -OCH3 is 2. The highest BCUT2D eigenvalue weighted by Crippen LogP contribution is 2.25. The van der Waals surface area contributed by atoms with Crippen molar-refractivity contribution < 1.29 is 28.6 Å². The average Bonchev–Trinajstić information content (AvgIpc) is 2.76. The van der Waals surface area contributed by atoms with Gasteiger partial charge >= 0.3 is 5.97 Å². The van der Waals surface area contributed by atoms with Crippen LogP contribution in [0.2, 0.25) is 0 Å². The third-order valence-corrected chi connectivity index (χ3v) is 4.47. The molecule has 0 saturated carbocycles. The maximum atomic E-state index is 11.9. The van der Waals surface area contributed by atoms with Crippen molar-refractivity contribution in [3.05, 3.63) is 58.6 Å². The molecule has 0 atom stereocenters. The Morgan fingerprint density at radius 2 is 1.80 bits per heavy atom. The molecule has 0 aliphatic heterocycles. The number of ether oxygens (including phenoxy) is 3. The molecule has 2 aromatic rings. The second-order valence-corrected chi connectivity index (χ2v) is 6.71. The van der Waals surface area contributed by atoms with Gasteiger partial charge in [0.05, 0.1) is 26.5 Å². The molecule has 30 heavy (non-hydrogen) atoms. The molecule has 2 aromatic carbocycles. The van der Waals surface area contributed by atoms with E-state index in [0.717, 1.165) is 4.47 Å². The van der Waals surface area contributed by atoms with Crippen LogP contribution in [0.5, 0.6) is 11.5 Å². The molecule has 0 aliphatic carbocycles. The number of hydrogen-bond donors (Lipinski definition) is 2. The zero-order valence-electron chi connectivity index (χ0n) is 16.4. The summed E-state index contributed by atoms with van der Waals surface area (Å²) in [5, 5.41) is 5.03. The van der Waals surface area contributed by atoms with Crippen LogP contribution < -0.4 is 20.1 Å². The van der Waals surface area contributed by atoms with Crippen molar-refractivity contribution in [3.8, 4) is 11.5 Å². The second kappa shape index (κ2) is 11.6. The van der Waals surface area contributed by atoms with Crippen molar-refractivity contribution in [1.82, 2.24) is 5.32 Å². The van der Waals surface area contributed by atoms with Crippen molar-refractivity contribution in [2.75, 3.05) is 32.7 Å². The number of amides is 2. The molecule has 0 aromatic heterocycles. The van der Waals surface area contributed by atoms with Crippen molar-refractivity contribution in [2.24, 2.45) is 0 Å². The Hall–Kier alpha value is -3.33. The molecule has 2 N–H and O–H groups in total. The normalized spacial score (nSPS) is 10.4. The predicted molar refractivity (Wildman–Crippen MR) is 115 cm³/mol. The molecule has 0 saturated heterocycles. The first-order valence-corrected chi connectivity index (χ1v) is 9.60. The van der Waals surface area contributed by atoms with E-state index in [1.807, 2.05) is 6.07 Å². The molecule has 158 valence electrons. The predicted octanol–water partition coefficient (Wildman–Crippen LogP) is 2.78. The Kier molecular flexibility index (Phi) is 8.89. The minimum Gasteiger partial charge on any atom is -0.497 e. The lowest BCUT2D eigenvalue weighted by atomic mass is 10.2. The summed E-state index contributed by atoms with van der Waals surface area (Å²) in [5.41, 5.74) is 1.23. The third kappa shape index (κ3) is 7.25.